The molecule has 3 N–H and O–H groups in total. The minimum atomic E-state index is -3.67. The minimum Gasteiger partial charge on any atom is -0.465 e. The Morgan fingerprint density at radius 1 is 1.29 bits per heavy atom. The van der Waals surface area contributed by atoms with Crippen molar-refractivity contribution in [2.75, 3.05) is 6.54 Å². The number of carbonyl (C=O) groups is 1. The van der Waals surface area contributed by atoms with Gasteiger partial charge in [-0.1, -0.05) is 36.7 Å². The van der Waals surface area contributed by atoms with E-state index in [2.05, 4.69) is 26.0 Å². The van der Waals surface area contributed by atoms with Gasteiger partial charge < -0.3 is 10.4 Å². The lowest BCUT2D eigenvalue weighted by atomic mass is 9.87. The van der Waals surface area contributed by atoms with E-state index in [9.17, 15) is 13.2 Å². The number of hydrogen-bond donors (Lipinski definition) is 3. The number of amides is 1. The smallest absolute Gasteiger partial charge is 0.404 e. The van der Waals surface area contributed by atoms with Crippen molar-refractivity contribution >= 4 is 32.0 Å². The maximum Gasteiger partial charge on any atom is 0.404 e. The first kappa shape index (κ1) is 17.9. The van der Waals surface area contributed by atoms with E-state index in [4.69, 9.17) is 5.11 Å². The molecule has 0 saturated heterocycles. The lowest BCUT2D eigenvalue weighted by Gasteiger charge is -2.30. The highest BCUT2D eigenvalue weighted by molar-refractivity contribution is 9.10. The molecule has 21 heavy (non-hydrogen) atoms. The van der Waals surface area contributed by atoms with Gasteiger partial charge >= 0.3 is 6.09 Å². The normalized spacial score (nSPS) is 13.7. The first-order valence-electron chi connectivity index (χ1n) is 6.27. The number of rotatable bonds is 5. The Kier molecular flexibility index (Phi) is 5.77. The third-order valence-corrected chi connectivity index (χ3v) is 4.91. The fraction of sp³-hybridized carbons (Fsp3) is 0.462. The Labute approximate surface area is 133 Å². The van der Waals surface area contributed by atoms with Gasteiger partial charge in [-0.15, -0.1) is 0 Å². The molecule has 118 valence electrons. The predicted molar refractivity (Wildman–Crippen MR) is 83.7 cm³/mol. The highest BCUT2D eigenvalue weighted by Gasteiger charge is 2.28. The zero-order valence-corrected chi connectivity index (χ0v) is 14.5. The molecule has 0 fully saturated rings. The fourth-order valence-corrected chi connectivity index (χ4v) is 2.92. The third kappa shape index (κ3) is 5.64. The Hall–Kier alpha value is -1.12. The van der Waals surface area contributed by atoms with E-state index >= 15 is 0 Å². The molecule has 0 heterocycles. The van der Waals surface area contributed by atoms with Gasteiger partial charge in [0.15, 0.2) is 0 Å². The number of benzene rings is 1. The summed E-state index contributed by atoms with van der Waals surface area (Å²) in [6.07, 6.45) is -1.18. The second-order valence-corrected chi connectivity index (χ2v) is 8.36. The van der Waals surface area contributed by atoms with Crippen molar-refractivity contribution in [2.24, 2.45) is 5.41 Å². The quantitative estimate of drug-likeness (QED) is 0.732. The molecule has 0 spiro atoms. The van der Waals surface area contributed by atoms with E-state index in [1.165, 1.54) is 12.1 Å². The van der Waals surface area contributed by atoms with Crippen LogP contribution in [0.1, 0.15) is 20.8 Å². The second-order valence-electron chi connectivity index (χ2n) is 5.67. The molecule has 0 saturated carbocycles. The number of nitrogens with one attached hydrogen (secondary N) is 2. The van der Waals surface area contributed by atoms with Crippen LogP contribution in [0.25, 0.3) is 0 Å². The summed E-state index contributed by atoms with van der Waals surface area (Å²) in [4.78, 5) is 10.9. The van der Waals surface area contributed by atoms with Crippen LogP contribution in [-0.4, -0.2) is 32.2 Å². The van der Waals surface area contributed by atoms with Crippen molar-refractivity contribution < 1.29 is 18.3 Å². The molecule has 0 bridgehead atoms. The number of sulfonamides is 1. The maximum absolute atomic E-state index is 12.2. The van der Waals surface area contributed by atoms with Gasteiger partial charge in [-0.05, 0) is 29.7 Å². The van der Waals surface area contributed by atoms with E-state index in [1.807, 2.05) is 20.8 Å². The number of hydrogen-bond acceptors (Lipinski definition) is 3. The minimum absolute atomic E-state index is 0.0196. The lowest BCUT2D eigenvalue weighted by Crippen LogP contribution is -2.50. The monoisotopic (exact) mass is 378 g/mol. The molecule has 1 rings (SSSR count). The first-order chi connectivity index (χ1) is 9.52. The summed E-state index contributed by atoms with van der Waals surface area (Å²) in [5.74, 6) is 0. The molecule has 6 nitrogen and oxygen atoms in total. The molecule has 0 aliphatic carbocycles. The molecular weight excluding hydrogens is 360 g/mol. The number of carboxylic acid groups (broad SMARTS) is 1. The molecule has 1 atom stereocenters. The zero-order chi connectivity index (χ0) is 16.3. The fourth-order valence-electron chi connectivity index (χ4n) is 1.61. The van der Waals surface area contributed by atoms with Crippen LogP contribution in [0.15, 0.2) is 33.6 Å². The van der Waals surface area contributed by atoms with Crippen LogP contribution in [0.3, 0.4) is 0 Å². The van der Waals surface area contributed by atoms with E-state index < -0.39 is 27.6 Å². The van der Waals surface area contributed by atoms with Crippen LogP contribution in [0, 0.1) is 5.41 Å². The van der Waals surface area contributed by atoms with Crippen LogP contribution in [0.5, 0.6) is 0 Å². The second kappa shape index (κ2) is 6.76. The van der Waals surface area contributed by atoms with Gasteiger partial charge in [0, 0.05) is 11.0 Å². The van der Waals surface area contributed by atoms with E-state index in [1.54, 1.807) is 12.1 Å². The maximum atomic E-state index is 12.2. The molecule has 0 aromatic heterocycles. The Bertz CT molecular complexity index is 594. The van der Waals surface area contributed by atoms with Crippen molar-refractivity contribution in [3.05, 3.63) is 28.7 Å². The molecule has 1 unspecified atom stereocenters. The standard InChI is InChI=1S/C13H19BrN2O4S/c1-13(2,3)11(16-12(17)18)8-15-21(19,20)10-6-4-9(14)5-7-10/h4-7,11,15-16H,8H2,1-3H3,(H,17,18). The van der Waals surface area contributed by atoms with E-state index in [0.29, 0.717) is 0 Å². The lowest BCUT2D eigenvalue weighted by molar-refractivity contribution is 0.175. The molecule has 0 aliphatic heterocycles. The Morgan fingerprint density at radius 2 is 1.81 bits per heavy atom. The summed E-state index contributed by atoms with van der Waals surface area (Å²) in [5.41, 5.74) is -0.416. The topological polar surface area (TPSA) is 95.5 Å². The van der Waals surface area contributed by atoms with Crippen LogP contribution in [0.2, 0.25) is 0 Å². The van der Waals surface area contributed by atoms with Crippen LogP contribution >= 0.6 is 15.9 Å². The van der Waals surface area contributed by atoms with Gasteiger partial charge in [-0.25, -0.2) is 17.9 Å². The Balaban J connectivity index is 2.83. The molecular formula is C13H19BrN2O4S. The molecule has 1 aromatic rings. The zero-order valence-electron chi connectivity index (χ0n) is 12.1. The van der Waals surface area contributed by atoms with Gasteiger partial charge in [0.2, 0.25) is 10.0 Å². The molecule has 0 aliphatic rings. The number of halogens is 1. The van der Waals surface area contributed by atoms with Crippen LogP contribution in [-0.2, 0) is 10.0 Å². The average Bonchev–Trinajstić information content (AvgIpc) is 2.33. The van der Waals surface area contributed by atoms with Crippen molar-refractivity contribution in [3.63, 3.8) is 0 Å². The summed E-state index contributed by atoms with van der Waals surface area (Å²) in [7, 11) is -3.67. The van der Waals surface area contributed by atoms with Crippen molar-refractivity contribution in [1.29, 1.82) is 0 Å². The van der Waals surface area contributed by atoms with Crippen LogP contribution < -0.4 is 10.0 Å². The van der Waals surface area contributed by atoms with Gasteiger partial charge in [0.25, 0.3) is 0 Å². The molecule has 0 radical (unpaired) electrons. The molecule has 1 aromatic carbocycles. The van der Waals surface area contributed by atoms with Crippen molar-refractivity contribution in [3.8, 4) is 0 Å². The summed E-state index contributed by atoms with van der Waals surface area (Å²) >= 11 is 3.24. The summed E-state index contributed by atoms with van der Waals surface area (Å²) in [6.45, 7) is 5.48. The first-order valence-corrected chi connectivity index (χ1v) is 8.54. The highest BCUT2D eigenvalue weighted by atomic mass is 79.9. The van der Waals surface area contributed by atoms with Crippen molar-refractivity contribution in [1.82, 2.24) is 10.0 Å². The SMILES string of the molecule is CC(C)(C)C(CNS(=O)(=O)c1ccc(Br)cc1)NC(=O)O. The molecule has 8 heteroatoms. The summed E-state index contributed by atoms with van der Waals surface area (Å²) in [5, 5.41) is 11.2. The van der Waals surface area contributed by atoms with Gasteiger partial charge in [0.05, 0.1) is 10.9 Å². The third-order valence-electron chi connectivity index (χ3n) is 2.94. The Morgan fingerprint density at radius 3 is 2.24 bits per heavy atom. The summed E-state index contributed by atoms with van der Waals surface area (Å²) < 4.78 is 27.5. The predicted octanol–water partition coefficient (Wildman–Crippen LogP) is 2.41. The average molecular weight is 379 g/mol. The van der Waals surface area contributed by atoms with Gasteiger partial charge in [-0.3, -0.25) is 0 Å². The van der Waals surface area contributed by atoms with Gasteiger partial charge in [-0.2, -0.15) is 0 Å². The van der Waals surface area contributed by atoms with Crippen LogP contribution in [0.4, 0.5) is 4.79 Å². The van der Waals surface area contributed by atoms with E-state index in [-0.39, 0.29) is 11.4 Å². The summed E-state index contributed by atoms with van der Waals surface area (Å²) in [6, 6.07) is 5.67. The molecule has 1 amide bonds. The van der Waals surface area contributed by atoms with Gasteiger partial charge in [0.1, 0.15) is 0 Å². The largest absolute Gasteiger partial charge is 0.465 e. The highest BCUT2D eigenvalue weighted by Crippen LogP contribution is 2.20. The van der Waals surface area contributed by atoms with Crippen molar-refractivity contribution in [2.45, 2.75) is 31.7 Å². The van der Waals surface area contributed by atoms with E-state index in [0.717, 1.165) is 4.47 Å².